The smallest absolute Gasteiger partial charge is 0.313 e. The van der Waals surface area contributed by atoms with E-state index in [2.05, 4.69) is 5.10 Å². The fourth-order valence-corrected chi connectivity index (χ4v) is 4.19. The van der Waals surface area contributed by atoms with Crippen LogP contribution in [0.1, 0.15) is 60.5 Å². The average molecular weight is 349 g/mol. The molecule has 1 aromatic rings. The molecule has 1 amide bonds. The Hall–Kier alpha value is -1.89. The molecule has 1 saturated carbocycles. The van der Waals surface area contributed by atoms with Crippen molar-refractivity contribution < 1.29 is 19.4 Å². The number of aromatic nitrogens is 2. The van der Waals surface area contributed by atoms with Crippen molar-refractivity contribution in [2.75, 3.05) is 26.8 Å². The summed E-state index contributed by atoms with van der Waals surface area (Å²) < 4.78 is 6.81. The third kappa shape index (κ3) is 3.42. The number of hydrogen-bond donors (Lipinski definition) is 1. The number of methoxy groups -OCH3 is 1. The van der Waals surface area contributed by atoms with Crippen molar-refractivity contribution in [2.45, 2.75) is 44.4 Å². The molecule has 2 heterocycles. The van der Waals surface area contributed by atoms with E-state index >= 15 is 0 Å². The standard InChI is InChI=1S/C18H27N3O4/c1-20-10-14(15(19-20)13-6-4-3-5-7-13)16(22)21-9-8-18(11-21,12-25-2)17(23)24/h10,13H,3-9,11-12H2,1-2H3,(H,23,24). The Kier molecular flexibility index (Phi) is 5.13. The van der Waals surface area contributed by atoms with E-state index in [-0.39, 0.29) is 19.1 Å². The van der Waals surface area contributed by atoms with Crippen LogP contribution in [0.15, 0.2) is 6.20 Å². The van der Waals surface area contributed by atoms with Crippen LogP contribution in [0.2, 0.25) is 0 Å². The molecule has 0 radical (unpaired) electrons. The van der Waals surface area contributed by atoms with Gasteiger partial charge in [0.05, 0.1) is 17.9 Å². The maximum atomic E-state index is 13.1. The van der Waals surface area contributed by atoms with Crippen LogP contribution < -0.4 is 0 Å². The first-order valence-electron chi connectivity index (χ1n) is 9.02. The molecule has 1 aliphatic heterocycles. The third-order valence-electron chi connectivity index (χ3n) is 5.59. The zero-order valence-corrected chi connectivity index (χ0v) is 15.0. The summed E-state index contributed by atoms with van der Waals surface area (Å²) in [6.45, 7) is 0.746. The van der Waals surface area contributed by atoms with Crippen molar-refractivity contribution in [3.05, 3.63) is 17.5 Å². The van der Waals surface area contributed by atoms with Gasteiger partial charge >= 0.3 is 5.97 Å². The van der Waals surface area contributed by atoms with Gasteiger partial charge in [-0.05, 0) is 19.3 Å². The van der Waals surface area contributed by atoms with Gasteiger partial charge in [0.25, 0.3) is 5.91 Å². The minimum absolute atomic E-state index is 0.104. The van der Waals surface area contributed by atoms with Crippen molar-refractivity contribution in [3.63, 3.8) is 0 Å². The molecule has 25 heavy (non-hydrogen) atoms. The first kappa shape index (κ1) is 17.9. The topological polar surface area (TPSA) is 84.7 Å². The van der Waals surface area contributed by atoms with E-state index in [0.717, 1.165) is 18.5 Å². The van der Waals surface area contributed by atoms with Crippen molar-refractivity contribution in [1.29, 1.82) is 0 Å². The number of ether oxygens (including phenoxy) is 1. The van der Waals surface area contributed by atoms with E-state index in [1.54, 1.807) is 15.8 Å². The van der Waals surface area contributed by atoms with Gasteiger partial charge < -0.3 is 14.7 Å². The van der Waals surface area contributed by atoms with Gasteiger partial charge in [0, 0.05) is 39.4 Å². The molecule has 1 aromatic heterocycles. The summed E-state index contributed by atoms with van der Waals surface area (Å²) in [5.41, 5.74) is 0.511. The highest BCUT2D eigenvalue weighted by atomic mass is 16.5. The molecule has 1 saturated heterocycles. The van der Waals surface area contributed by atoms with Gasteiger partial charge in [-0.3, -0.25) is 14.3 Å². The van der Waals surface area contributed by atoms with Gasteiger partial charge in [0.1, 0.15) is 5.41 Å². The molecule has 7 nitrogen and oxygen atoms in total. The van der Waals surface area contributed by atoms with Crippen LogP contribution in [0.5, 0.6) is 0 Å². The predicted octanol–water partition coefficient (Wildman–Crippen LogP) is 2.03. The fourth-order valence-electron chi connectivity index (χ4n) is 4.19. The zero-order chi connectivity index (χ0) is 18.0. The van der Waals surface area contributed by atoms with E-state index in [9.17, 15) is 14.7 Å². The van der Waals surface area contributed by atoms with Gasteiger partial charge in [-0.15, -0.1) is 0 Å². The SMILES string of the molecule is COCC1(C(=O)O)CCN(C(=O)c2cn(C)nc2C2CCCCC2)C1. The molecule has 1 unspecified atom stereocenters. The van der Waals surface area contributed by atoms with E-state index < -0.39 is 11.4 Å². The lowest BCUT2D eigenvalue weighted by molar-refractivity contribution is -0.151. The first-order valence-corrected chi connectivity index (χ1v) is 9.02. The normalized spacial score (nSPS) is 24.6. The number of amides is 1. The second-order valence-corrected chi connectivity index (χ2v) is 7.43. The number of hydrogen-bond acceptors (Lipinski definition) is 4. The second kappa shape index (κ2) is 7.15. The van der Waals surface area contributed by atoms with Gasteiger partial charge in [-0.1, -0.05) is 19.3 Å². The Balaban J connectivity index is 1.81. The summed E-state index contributed by atoms with van der Waals surface area (Å²) >= 11 is 0. The average Bonchev–Trinajstić information content (AvgIpc) is 3.20. The first-order chi connectivity index (χ1) is 12.0. The van der Waals surface area contributed by atoms with Crippen molar-refractivity contribution >= 4 is 11.9 Å². The van der Waals surface area contributed by atoms with E-state index in [1.165, 1.54) is 26.4 Å². The van der Waals surface area contributed by atoms with Crippen LogP contribution in [-0.4, -0.2) is 58.5 Å². The van der Waals surface area contributed by atoms with E-state index in [4.69, 9.17) is 4.74 Å². The fraction of sp³-hybridized carbons (Fsp3) is 0.722. The molecular formula is C18H27N3O4. The molecule has 7 heteroatoms. The molecule has 2 aliphatic rings. The number of carboxylic acids is 1. The lowest BCUT2D eigenvalue weighted by Gasteiger charge is -2.24. The summed E-state index contributed by atoms with van der Waals surface area (Å²) in [6, 6.07) is 0. The number of likely N-dealkylation sites (tertiary alicyclic amines) is 1. The van der Waals surface area contributed by atoms with Gasteiger partial charge in [-0.2, -0.15) is 5.10 Å². The number of carbonyl (C=O) groups excluding carboxylic acids is 1. The van der Waals surface area contributed by atoms with Gasteiger partial charge in [-0.25, -0.2) is 0 Å². The molecule has 0 spiro atoms. The Bertz CT molecular complexity index is 651. The Labute approximate surface area is 147 Å². The minimum atomic E-state index is -1.00. The highest BCUT2D eigenvalue weighted by Crippen LogP contribution is 2.36. The Morgan fingerprint density at radius 2 is 2.08 bits per heavy atom. The van der Waals surface area contributed by atoms with Crippen LogP contribution in [0.25, 0.3) is 0 Å². The molecule has 3 rings (SSSR count). The maximum Gasteiger partial charge on any atom is 0.313 e. The molecular weight excluding hydrogens is 322 g/mol. The van der Waals surface area contributed by atoms with Gasteiger partial charge in [0.15, 0.2) is 0 Å². The number of aryl methyl sites for hydroxylation is 1. The predicted molar refractivity (Wildman–Crippen MR) is 91.5 cm³/mol. The molecule has 2 fully saturated rings. The lowest BCUT2D eigenvalue weighted by atomic mass is 9.85. The lowest BCUT2D eigenvalue weighted by Crippen LogP contribution is -2.40. The summed E-state index contributed by atoms with van der Waals surface area (Å²) in [6.07, 6.45) is 7.93. The maximum absolute atomic E-state index is 13.1. The van der Waals surface area contributed by atoms with Crippen molar-refractivity contribution in [3.8, 4) is 0 Å². The van der Waals surface area contributed by atoms with Crippen LogP contribution in [0, 0.1) is 5.41 Å². The Morgan fingerprint density at radius 1 is 1.36 bits per heavy atom. The summed E-state index contributed by atoms with van der Waals surface area (Å²) in [5, 5.41) is 14.2. The monoisotopic (exact) mass is 349 g/mol. The van der Waals surface area contributed by atoms with Crippen molar-refractivity contribution in [2.24, 2.45) is 12.5 Å². The Morgan fingerprint density at radius 3 is 2.72 bits per heavy atom. The molecule has 0 aromatic carbocycles. The number of carbonyl (C=O) groups is 2. The molecule has 138 valence electrons. The highest BCUT2D eigenvalue weighted by Gasteiger charge is 2.47. The van der Waals surface area contributed by atoms with Crippen LogP contribution in [0.4, 0.5) is 0 Å². The number of carboxylic acid groups (broad SMARTS) is 1. The van der Waals surface area contributed by atoms with Crippen LogP contribution in [-0.2, 0) is 16.6 Å². The van der Waals surface area contributed by atoms with Gasteiger partial charge in [0.2, 0.25) is 0 Å². The van der Waals surface area contributed by atoms with Crippen molar-refractivity contribution in [1.82, 2.24) is 14.7 Å². The molecule has 0 bridgehead atoms. The second-order valence-electron chi connectivity index (χ2n) is 7.43. The minimum Gasteiger partial charge on any atom is -0.481 e. The summed E-state index contributed by atoms with van der Waals surface area (Å²) in [5.74, 6) is -0.670. The van der Waals surface area contributed by atoms with E-state index in [0.29, 0.717) is 24.4 Å². The molecule has 1 atom stereocenters. The molecule has 1 N–H and O–H groups in total. The number of rotatable bonds is 5. The van der Waals surface area contributed by atoms with Crippen LogP contribution >= 0.6 is 0 Å². The quantitative estimate of drug-likeness (QED) is 0.879. The molecule has 1 aliphatic carbocycles. The third-order valence-corrected chi connectivity index (χ3v) is 5.59. The van der Waals surface area contributed by atoms with E-state index in [1.807, 2.05) is 7.05 Å². The van der Waals surface area contributed by atoms with Crippen LogP contribution in [0.3, 0.4) is 0 Å². The summed E-state index contributed by atoms with van der Waals surface area (Å²) in [4.78, 5) is 26.4. The highest BCUT2D eigenvalue weighted by molar-refractivity contribution is 5.96. The zero-order valence-electron chi connectivity index (χ0n) is 15.0. The largest absolute Gasteiger partial charge is 0.481 e. The number of nitrogens with zero attached hydrogens (tertiary/aromatic N) is 3. The summed E-state index contributed by atoms with van der Waals surface area (Å²) in [7, 11) is 3.33. The number of aliphatic carboxylic acids is 1.